The Bertz CT molecular complexity index is 478. The van der Waals surface area contributed by atoms with Gasteiger partial charge < -0.3 is 15.4 Å². The molecular formula is C13H17FN2O2S. The third kappa shape index (κ3) is 4.82. The smallest absolute Gasteiger partial charge is 0.222 e. The molecule has 0 fully saturated rings. The van der Waals surface area contributed by atoms with Gasteiger partial charge in [-0.15, -0.1) is 0 Å². The second kappa shape index (κ2) is 7.04. The number of amides is 1. The van der Waals surface area contributed by atoms with E-state index < -0.39 is 5.82 Å². The van der Waals surface area contributed by atoms with Crippen LogP contribution < -0.4 is 10.5 Å². The van der Waals surface area contributed by atoms with Gasteiger partial charge in [-0.2, -0.15) is 0 Å². The Labute approximate surface area is 117 Å². The predicted octanol–water partition coefficient (Wildman–Crippen LogP) is 1.71. The summed E-state index contributed by atoms with van der Waals surface area (Å²) in [5.74, 6) is -0.352. The number of ether oxygens (including phenoxy) is 1. The second-order valence-corrected chi connectivity index (χ2v) is 4.69. The number of hydrogen-bond acceptors (Lipinski definition) is 3. The Morgan fingerprint density at radius 3 is 2.68 bits per heavy atom. The largest absolute Gasteiger partial charge is 0.491 e. The molecule has 0 unspecified atom stereocenters. The van der Waals surface area contributed by atoms with E-state index in [9.17, 15) is 9.18 Å². The van der Waals surface area contributed by atoms with E-state index in [0.717, 1.165) is 0 Å². The number of thiocarbonyl (C=S) groups is 1. The lowest BCUT2D eigenvalue weighted by molar-refractivity contribution is -0.128. The fourth-order valence-electron chi connectivity index (χ4n) is 1.40. The van der Waals surface area contributed by atoms with Crippen molar-refractivity contribution < 1.29 is 13.9 Å². The second-order valence-electron chi connectivity index (χ2n) is 4.25. The van der Waals surface area contributed by atoms with Crippen molar-refractivity contribution in [2.45, 2.75) is 12.8 Å². The Kier molecular flexibility index (Phi) is 5.69. The number of hydrogen-bond donors (Lipinski definition) is 1. The lowest BCUT2D eigenvalue weighted by Crippen LogP contribution is -2.21. The molecule has 0 aliphatic heterocycles. The first-order valence-electron chi connectivity index (χ1n) is 5.84. The fourth-order valence-corrected chi connectivity index (χ4v) is 1.53. The van der Waals surface area contributed by atoms with Gasteiger partial charge in [0.2, 0.25) is 5.91 Å². The summed E-state index contributed by atoms with van der Waals surface area (Å²) in [4.78, 5) is 13.0. The van der Waals surface area contributed by atoms with Crippen molar-refractivity contribution >= 4 is 23.1 Å². The molecule has 1 amide bonds. The summed E-state index contributed by atoms with van der Waals surface area (Å²) in [6, 6.07) is 4.33. The number of halogens is 1. The zero-order chi connectivity index (χ0) is 14.4. The average molecular weight is 284 g/mol. The van der Waals surface area contributed by atoms with Crippen LogP contribution in [0.2, 0.25) is 0 Å². The molecule has 104 valence electrons. The van der Waals surface area contributed by atoms with Crippen LogP contribution in [0.3, 0.4) is 0 Å². The van der Waals surface area contributed by atoms with Crippen LogP contribution in [0.5, 0.6) is 5.75 Å². The van der Waals surface area contributed by atoms with Gasteiger partial charge in [0, 0.05) is 26.1 Å². The molecule has 0 aliphatic rings. The number of nitrogens with zero attached hydrogens (tertiary/aromatic N) is 1. The molecule has 0 saturated carbocycles. The fraction of sp³-hybridized carbons (Fsp3) is 0.385. The first kappa shape index (κ1) is 15.4. The van der Waals surface area contributed by atoms with Crippen molar-refractivity contribution in [2.75, 3.05) is 20.7 Å². The number of nitrogens with two attached hydrogens (primary N) is 1. The summed E-state index contributed by atoms with van der Waals surface area (Å²) < 4.78 is 18.9. The minimum atomic E-state index is -0.510. The van der Waals surface area contributed by atoms with Gasteiger partial charge in [-0.3, -0.25) is 4.79 Å². The van der Waals surface area contributed by atoms with Crippen LogP contribution in [0, 0.1) is 5.82 Å². The first-order chi connectivity index (χ1) is 8.91. The number of rotatable bonds is 6. The van der Waals surface area contributed by atoms with Crippen molar-refractivity contribution in [3.05, 3.63) is 29.6 Å². The van der Waals surface area contributed by atoms with E-state index in [1.54, 1.807) is 20.2 Å². The molecule has 0 atom stereocenters. The maximum absolute atomic E-state index is 13.6. The van der Waals surface area contributed by atoms with Crippen molar-refractivity contribution in [3.8, 4) is 5.75 Å². The predicted molar refractivity (Wildman–Crippen MR) is 75.7 cm³/mol. The highest BCUT2D eigenvalue weighted by atomic mass is 32.1. The third-order valence-corrected chi connectivity index (χ3v) is 2.74. The molecule has 0 aliphatic carbocycles. The van der Waals surface area contributed by atoms with Crippen LogP contribution >= 0.6 is 12.2 Å². The van der Waals surface area contributed by atoms with Crippen LogP contribution in [-0.2, 0) is 4.79 Å². The Morgan fingerprint density at radius 2 is 2.16 bits per heavy atom. The molecular weight excluding hydrogens is 267 g/mol. The Morgan fingerprint density at radius 1 is 1.47 bits per heavy atom. The summed E-state index contributed by atoms with van der Waals surface area (Å²) >= 11 is 4.75. The molecule has 1 aromatic carbocycles. The SMILES string of the molecule is CN(C)C(=O)CCCOc1ccc(C(N)=S)cc1F. The van der Waals surface area contributed by atoms with Crippen molar-refractivity contribution in [3.63, 3.8) is 0 Å². The molecule has 0 bridgehead atoms. The lowest BCUT2D eigenvalue weighted by atomic mass is 10.2. The van der Waals surface area contributed by atoms with Crippen LogP contribution in [-0.4, -0.2) is 36.5 Å². The quantitative estimate of drug-likeness (QED) is 0.638. The van der Waals surface area contributed by atoms with Gasteiger partial charge >= 0.3 is 0 Å². The van der Waals surface area contributed by atoms with Gasteiger partial charge in [0.1, 0.15) is 4.99 Å². The minimum absolute atomic E-state index is 0.0212. The molecule has 2 N–H and O–H groups in total. The molecule has 6 heteroatoms. The maximum atomic E-state index is 13.6. The molecule has 1 rings (SSSR count). The topological polar surface area (TPSA) is 55.6 Å². The summed E-state index contributed by atoms with van der Waals surface area (Å²) in [5, 5.41) is 0. The molecule has 0 spiro atoms. The Balaban J connectivity index is 2.46. The summed E-state index contributed by atoms with van der Waals surface area (Å²) in [6.07, 6.45) is 0.910. The number of benzene rings is 1. The monoisotopic (exact) mass is 284 g/mol. The van der Waals surface area contributed by atoms with E-state index in [2.05, 4.69) is 0 Å². The van der Waals surface area contributed by atoms with Crippen LogP contribution in [0.25, 0.3) is 0 Å². The molecule has 0 saturated heterocycles. The van der Waals surface area contributed by atoms with E-state index in [1.165, 1.54) is 17.0 Å². The molecule has 1 aromatic rings. The van der Waals surface area contributed by atoms with Crippen molar-refractivity contribution in [2.24, 2.45) is 5.73 Å². The van der Waals surface area contributed by atoms with Gasteiger partial charge in [0.05, 0.1) is 6.61 Å². The zero-order valence-electron chi connectivity index (χ0n) is 11.0. The van der Waals surface area contributed by atoms with Gasteiger partial charge in [-0.05, 0) is 24.6 Å². The zero-order valence-corrected chi connectivity index (χ0v) is 11.8. The maximum Gasteiger partial charge on any atom is 0.222 e. The van der Waals surface area contributed by atoms with Gasteiger partial charge in [0.25, 0.3) is 0 Å². The van der Waals surface area contributed by atoms with Crippen LogP contribution in [0.15, 0.2) is 18.2 Å². The lowest BCUT2D eigenvalue weighted by Gasteiger charge is -2.11. The molecule has 19 heavy (non-hydrogen) atoms. The highest BCUT2D eigenvalue weighted by Crippen LogP contribution is 2.18. The highest BCUT2D eigenvalue weighted by Gasteiger charge is 2.07. The van der Waals surface area contributed by atoms with E-state index in [4.69, 9.17) is 22.7 Å². The minimum Gasteiger partial charge on any atom is -0.491 e. The third-order valence-electron chi connectivity index (χ3n) is 2.51. The molecule has 0 aromatic heterocycles. The van der Waals surface area contributed by atoms with Gasteiger partial charge in [0.15, 0.2) is 11.6 Å². The average Bonchev–Trinajstić information content (AvgIpc) is 2.35. The van der Waals surface area contributed by atoms with E-state index in [-0.39, 0.29) is 23.3 Å². The molecule has 0 heterocycles. The van der Waals surface area contributed by atoms with Crippen molar-refractivity contribution in [1.82, 2.24) is 4.90 Å². The van der Waals surface area contributed by atoms with E-state index in [1.807, 2.05) is 0 Å². The van der Waals surface area contributed by atoms with Crippen molar-refractivity contribution in [1.29, 1.82) is 0 Å². The summed E-state index contributed by atoms with van der Waals surface area (Å²) in [5.41, 5.74) is 5.86. The first-order valence-corrected chi connectivity index (χ1v) is 6.25. The van der Waals surface area contributed by atoms with Gasteiger partial charge in [-0.1, -0.05) is 12.2 Å². The van der Waals surface area contributed by atoms with Gasteiger partial charge in [-0.25, -0.2) is 4.39 Å². The summed E-state index contributed by atoms with van der Waals surface area (Å²) in [7, 11) is 3.38. The number of carbonyl (C=O) groups excluding carboxylic acids is 1. The Hall–Kier alpha value is -1.69. The van der Waals surface area contributed by atoms with E-state index in [0.29, 0.717) is 18.4 Å². The standard InChI is InChI=1S/C13H17FN2O2S/c1-16(2)12(17)4-3-7-18-11-6-5-9(13(15)19)8-10(11)14/h5-6,8H,3-4,7H2,1-2H3,(H2,15,19). The highest BCUT2D eigenvalue weighted by molar-refractivity contribution is 7.80. The summed E-state index contributed by atoms with van der Waals surface area (Å²) in [6.45, 7) is 0.281. The van der Waals surface area contributed by atoms with E-state index >= 15 is 0 Å². The van der Waals surface area contributed by atoms with Crippen LogP contribution in [0.1, 0.15) is 18.4 Å². The molecule has 4 nitrogen and oxygen atoms in total. The normalized spacial score (nSPS) is 10.1. The number of carbonyl (C=O) groups is 1. The van der Waals surface area contributed by atoms with Crippen LogP contribution in [0.4, 0.5) is 4.39 Å². The molecule has 0 radical (unpaired) electrons.